The summed E-state index contributed by atoms with van der Waals surface area (Å²) in [7, 11) is 0. The van der Waals surface area contributed by atoms with Gasteiger partial charge in [-0.15, -0.1) is 0 Å². The smallest absolute Gasteiger partial charge is 0.236 e. The van der Waals surface area contributed by atoms with Gasteiger partial charge >= 0.3 is 0 Å². The van der Waals surface area contributed by atoms with E-state index < -0.39 is 0 Å². The number of hydrogen-bond donors (Lipinski definition) is 2. The first-order chi connectivity index (χ1) is 8.54. The van der Waals surface area contributed by atoms with E-state index in [2.05, 4.69) is 24.5 Å². The number of carbonyl (C=O) groups excluding carboxylic acids is 1. The van der Waals surface area contributed by atoms with Gasteiger partial charge < -0.3 is 10.6 Å². The summed E-state index contributed by atoms with van der Waals surface area (Å²) in [4.78, 5) is 11.7. The molecule has 0 aromatic rings. The van der Waals surface area contributed by atoms with Crippen LogP contribution in [0.2, 0.25) is 0 Å². The lowest BCUT2D eigenvalue weighted by molar-refractivity contribution is -0.122. The molecule has 0 bridgehead atoms. The highest BCUT2D eigenvalue weighted by Crippen LogP contribution is 2.28. The van der Waals surface area contributed by atoms with Gasteiger partial charge in [-0.3, -0.25) is 4.79 Å². The van der Waals surface area contributed by atoms with E-state index in [1.807, 2.05) is 13.8 Å². The van der Waals surface area contributed by atoms with Crippen molar-refractivity contribution in [2.75, 3.05) is 6.54 Å². The second-order valence-electron chi connectivity index (χ2n) is 5.99. The van der Waals surface area contributed by atoms with Gasteiger partial charge in [-0.1, -0.05) is 26.7 Å². The van der Waals surface area contributed by atoms with Crippen LogP contribution in [-0.4, -0.2) is 24.5 Å². The third-order valence-corrected chi connectivity index (χ3v) is 4.19. The summed E-state index contributed by atoms with van der Waals surface area (Å²) in [5.41, 5.74) is 0. The van der Waals surface area contributed by atoms with E-state index in [-0.39, 0.29) is 11.9 Å². The molecular weight excluding hydrogens is 224 g/mol. The van der Waals surface area contributed by atoms with Gasteiger partial charge in [-0.25, -0.2) is 0 Å². The SMILES string of the molecule is CCNC(=O)C(C)NC1CCCC(C(C)C)CC1. The molecule has 1 aliphatic rings. The third kappa shape index (κ3) is 4.97. The molecule has 2 N–H and O–H groups in total. The van der Waals surface area contributed by atoms with E-state index in [1.54, 1.807) is 0 Å². The maximum atomic E-state index is 11.7. The number of amides is 1. The van der Waals surface area contributed by atoms with Crippen LogP contribution in [0.15, 0.2) is 0 Å². The number of nitrogens with one attached hydrogen (secondary N) is 2. The van der Waals surface area contributed by atoms with Gasteiger partial charge in [-0.2, -0.15) is 0 Å². The molecule has 1 rings (SSSR count). The van der Waals surface area contributed by atoms with Gasteiger partial charge in [0.25, 0.3) is 0 Å². The molecule has 0 spiro atoms. The van der Waals surface area contributed by atoms with Crippen molar-refractivity contribution in [3.05, 3.63) is 0 Å². The van der Waals surface area contributed by atoms with E-state index in [1.165, 1.54) is 32.1 Å². The molecule has 1 saturated carbocycles. The zero-order valence-corrected chi connectivity index (χ0v) is 12.5. The average Bonchev–Trinajstić information content (AvgIpc) is 2.55. The lowest BCUT2D eigenvalue weighted by atomic mass is 9.89. The van der Waals surface area contributed by atoms with E-state index in [4.69, 9.17) is 0 Å². The van der Waals surface area contributed by atoms with Crippen LogP contribution in [0.25, 0.3) is 0 Å². The highest BCUT2D eigenvalue weighted by molar-refractivity contribution is 5.81. The minimum absolute atomic E-state index is 0.0643. The molecule has 18 heavy (non-hydrogen) atoms. The zero-order chi connectivity index (χ0) is 13.5. The van der Waals surface area contributed by atoms with Crippen molar-refractivity contribution in [2.45, 2.75) is 71.9 Å². The minimum Gasteiger partial charge on any atom is -0.355 e. The normalized spacial score (nSPS) is 26.7. The molecule has 3 heteroatoms. The lowest BCUT2D eigenvalue weighted by Gasteiger charge is -2.22. The molecule has 0 saturated heterocycles. The third-order valence-electron chi connectivity index (χ3n) is 4.19. The molecule has 0 aromatic heterocycles. The van der Waals surface area contributed by atoms with Crippen molar-refractivity contribution < 1.29 is 4.79 Å². The summed E-state index contributed by atoms with van der Waals surface area (Å²) >= 11 is 0. The molecule has 1 aliphatic carbocycles. The molecule has 106 valence electrons. The number of rotatable bonds is 5. The maximum Gasteiger partial charge on any atom is 0.236 e. The Balaban J connectivity index is 2.37. The highest BCUT2D eigenvalue weighted by Gasteiger charge is 2.23. The molecule has 0 heterocycles. The molecule has 0 radical (unpaired) electrons. The quantitative estimate of drug-likeness (QED) is 0.741. The van der Waals surface area contributed by atoms with Gasteiger partial charge in [0.1, 0.15) is 0 Å². The minimum atomic E-state index is -0.0643. The predicted octanol–water partition coefficient (Wildman–Crippen LogP) is 2.71. The monoisotopic (exact) mass is 254 g/mol. The van der Waals surface area contributed by atoms with Crippen LogP contribution in [0.3, 0.4) is 0 Å². The Morgan fingerprint density at radius 1 is 1.17 bits per heavy atom. The van der Waals surface area contributed by atoms with Crippen LogP contribution < -0.4 is 10.6 Å². The van der Waals surface area contributed by atoms with Crippen molar-refractivity contribution in [3.63, 3.8) is 0 Å². The van der Waals surface area contributed by atoms with Crippen molar-refractivity contribution in [1.82, 2.24) is 10.6 Å². The summed E-state index contributed by atoms with van der Waals surface area (Å²) in [5, 5.41) is 6.37. The van der Waals surface area contributed by atoms with Crippen LogP contribution in [0.5, 0.6) is 0 Å². The lowest BCUT2D eigenvalue weighted by Crippen LogP contribution is -2.46. The molecule has 1 fully saturated rings. The zero-order valence-electron chi connectivity index (χ0n) is 12.5. The Bertz CT molecular complexity index is 253. The summed E-state index contributed by atoms with van der Waals surface area (Å²) in [6.45, 7) is 9.30. The molecule has 1 amide bonds. The van der Waals surface area contributed by atoms with Crippen LogP contribution >= 0.6 is 0 Å². The van der Waals surface area contributed by atoms with Gasteiger partial charge in [0.15, 0.2) is 0 Å². The summed E-state index contributed by atoms with van der Waals surface area (Å²) in [5.74, 6) is 1.79. The Morgan fingerprint density at radius 3 is 2.50 bits per heavy atom. The number of carbonyl (C=O) groups is 1. The Morgan fingerprint density at radius 2 is 1.89 bits per heavy atom. The van der Waals surface area contributed by atoms with Crippen molar-refractivity contribution in [3.8, 4) is 0 Å². The maximum absolute atomic E-state index is 11.7. The second kappa shape index (κ2) is 7.78. The van der Waals surface area contributed by atoms with Crippen molar-refractivity contribution in [2.24, 2.45) is 11.8 Å². The second-order valence-corrected chi connectivity index (χ2v) is 5.99. The van der Waals surface area contributed by atoms with Crippen LogP contribution in [0, 0.1) is 11.8 Å². The fourth-order valence-electron chi connectivity index (χ4n) is 2.92. The number of hydrogen-bond acceptors (Lipinski definition) is 2. The highest BCUT2D eigenvalue weighted by atomic mass is 16.2. The Kier molecular flexibility index (Phi) is 6.69. The molecule has 3 unspecified atom stereocenters. The standard InChI is InChI=1S/C15H30N2O/c1-5-16-15(18)12(4)17-14-8-6-7-13(9-10-14)11(2)3/h11-14,17H,5-10H2,1-4H3,(H,16,18). The van der Waals surface area contributed by atoms with Gasteiger partial charge in [-0.05, 0) is 44.9 Å². The van der Waals surface area contributed by atoms with E-state index in [0.717, 1.165) is 11.8 Å². The summed E-state index contributed by atoms with van der Waals surface area (Å²) in [6, 6.07) is 0.455. The Hall–Kier alpha value is -0.570. The Labute approximate surface area is 112 Å². The molecule has 0 aliphatic heterocycles. The fraction of sp³-hybridized carbons (Fsp3) is 0.933. The van der Waals surface area contributed by atoms with Gasteiger partial charge in [0, 0.05) is 12.6 Å². The first-order valence-electron chi connectivity index (χ1n) is 7.58. The van der Waals surface area contributed by atoms with Crippen LogP contribution in [-0.2, 0) is 4.79 Å². The first kappa shape index (κ1) is 15.5. The van der Waals surface area contributed by atoms with Crippen molar-refractivity contribution in [1.29, 1.82) is 0 Å². The summed E-state index contributed by atoms with van der Waals surface area (Å²) < 4.78 is 0. The van der Waals surface area contributed by atoms with Crippen LogP contribution in [0.1, 0.15) is 59.8 Å². The fourth-order valence-corrected chi connectivity index (χ4v) is 2.92. The first-order valence-corrected chi connectivity index (χ1v) is 7.58. The van der Waals surface area contributed by atoms with Gasteiger partial charge in [0.05, 0.1) is 6.04 Å². The van der Waals surface area contributed by atoms with E-state index in [0.29, 0.717) is 12.6 Å². The topological polar surface area (TPSA) is 41.1 Å². The average molecular weight is 254 g/mol. The van der Waals surface area contributed by atoms with Gasteiger partial charge in [0.2, 0.25) is 5.91 Å². The molecule has 3 nitrogen and oxygen atoms in total. The van der Waals surface area contributed by atoms with E-state index in [9.17, 15) is 4.79 Å². The van der Waals surface area contributed by atoms with Crippen LogP contribution in [0.4, 0.5) is 0 Å². The van der Waals surface area contributed by atoms with Crippen molar-refractivity contribution >= 4 is 5.91 Å². The molecule has 0 aromatic carbocycles. The number of likely N-dealkylation sites (N-methyl/N-ethyl adjacent to an activating group) is 1. The molecular formula is C15H30N2O. The largest absolute Gasteiger partial charge is 0.355 e. The van der Waals surface area contributed by atoms with E-state index >= 15 is 0 Å². The molecule has 3 atom stereocenters. The summed E-state index contributed by atoms with van der Waals surface area (Å²) in [6.07, 6.45) is 6.38. The predicted molar refractivity (Wildman–Crippen MR) is 76.5 cm³/mol.